The molecule has 10 heteroatoms. The van der Waals surface area contributed by atoms with Crippen LogP contribution in [0.15, 0.2) is 82.6 Å². The lowest BCUT2D eigenvalue weighted by Crippen LogP contribution is -2.46. The molecule has 3 aromatic carbocycles. The summed E-state index contributed by atoms with van der Waals surface area (Å²) in [5.74, 6) is -1.26. The highest BCUT2D eigenvalue weighted by Crippen LogP contribution is 2.42. The number of benzene rings is 3. The number of carbonyl (C=O) groups excluding carboxylic acids is 2. The molecular formula is C32H32Cl2N2O5S. The third-order valence-corrected chi connectivity index (χ3v) is 9.23. The van der Waals surface area contributed by atoms with Gasteiger partial charge in [0.1, 0.15) is 5.75 Å². The molecule has 1 saturated heterocycles. The Labute approximate surface area is 259 Å². The number of para-hydroxylation sites is 1. The van der Waals surface area contributed by atoms with Crippen LogP contribution in [0.1, 0.15) is 42.7 Å². The molecule has 0 saturated carbocycles. The number of halogens is 2. The van der Waals surface area contributed by atoms with Crippen molar-refractivity contribution in [3.63, 3.8) is 0 Å². The molecule has 1 atom stereocenters. The van der Waals surface area contributed by atoms with E-state index in [0.717, 1.165) is 15.5 Å². The van der Waals surface area contributed by atoms with E-state index < -0.39 is 11.9 Å². The second-order valence-corrected chi connectivity index (χ2v) is 11.7. The summed E-state index contributed by atoms with van der Waals surface area (Å²) >= 11 is 14.6. The van der Waals surface area contributed by atoms with E-state index in [1.54, 1.807) is 42.4 Å². The maximum Gasteiger partial charge on any atom is 0.310 e. The second-order valence-electron chi connectivity index (χ2n) is 9.87. The number of nitrogens with zero attached hydrogens (tertiary/aromatic N) is 1. The molecule has 1 aliphatic heterocycles. The number of carboxylic acids is 1. The molecule has 4 rings (SSSR count). The molecule has 0 spiro atoms. The fourth-order valence-corrected chi connectivity index (χ4v) is 6.31. The van der Waals surface area contributed by atoms with E-state index in [9.17, 15) is 19.5 Å². The molecule has 1 heterocycles. The Kier molecular flexibility index (Phi) is 11.3. The average Bonchev–Trinajstić information content (AvgIpc) is 3.00. The smallest absolute Gasteiger partial charge is 0.310 e. The minimum absolute atomic E-state index is 0.0629. The monoisotopic (exact) mass is 626 g/mol. The number of ether oxygens (including phenoxy) is 1. The number of nitrogens with one attached hydrogen (secondary N) is 1. The van der Waals surface area contributed by atoms with Gasteiger partial charge in [-0.15, -0.1) is 0 Å². The summed E-state index contributed by atoms with van der Waals surface area (Å²) in [5.41, 5.74) is 1.32. The highest BCUT2D eigenvalue weighted by Gasteiger charge is 2.25. The van der Waals surface area contributed by atoms with E-state index in [1.807, 2.05) is 42.5 Å². The van der Waals surface area contributed by atoms with Crippen molar-refractivity contribution in [3.05, 3.63) is 94.0 Å². The highest BCUT2D eigenvalue weighted by molar-refractivity contribution is 7.99. The maximum absolute atomic E-state index is 12.9. The zero-order valence-electron chi connectivity index (χ0n) is 23.1. The van der Waals surface area contributed by atoms with Crippen molar-refractivity contribution in [2.75, 3.05) is 20.2 Å². The molecule has 0 aliphatic carbocycles. The standard InChI is InChI=1S/C32H32Cl2N2O5S/c1-41-25-9-5-6-10-26(25)42-27-14-11-22(30(33)31(27)34)12-16-29(38)36-19-17-23(18-20-36)35-28(37)15-13-24(32(39)40)21-7-3-2-4-8-21/h2-12,14,16,23-24H,13,15,17-20H2,1H3,(H,35,37)(H,39,40)/b16-12+. The number of rotatable bonds is 11. The Hall–Kier alpha value is -3.46. The van der Waals surface area contributed by atoms with Gasteiger partial charge in [-0.1, -0.05) is 83.5 Å². The van der Waals surface area contributed by atoms with Crippen LogP contribution in [0, 0.1) is 0 Å². The van der Waals surface area contributed by atoms with Crippen molar-refractivity contribution in [1.82, 2.24) is 10.2 Å². The summed E-state index contributed by atoms with van der Waals surface area (Å²) in [6, 6.07) is 20.2. The van der Waals surface area contributed by atoms with Crippen LogP contribution in [-0.4, -0.2) is 54.0 Å². The topological polar surface area (TPSA) is 95.9 Å². The molecule has 2 amide bonds. The molecule has 0 bridgehead atoms. The van der Waals surface area contributed by atoms with Gasteiger partial charge >= 0.3 is 5.97 Å². The van der Waals surface area contributed by atoms with Crippen LogP contribution in [0.2, 0.25) is 10.0 Å². The lowest BCUT2D eigenvalue weighted by Gasteiger charge is -2.31. The van der Waals surface area contributed by atoms with Gasteiger partial charge < -0.3 is 20.1 Å². The number of likely N-dealkylation sites (tertiary alicyclic amines) is 1. The Morgan fingerprint density at radius 1 is 1.00 bits per heavy atom. The SMILES string of the molecule is COc1ccccc1Sc1ccc(/C=C/C(=O)N2CCC(NC(=O)CCC(C(=O)O)c3ccccc3)CC2)c(Cl)c1Cl. The van der Waals surface area contributed by atoms with Gasteiger partial charge in [0.05, 0.1) is 28.0 Å². The Morgan fingerprint density at radius 3 is 2.38 bits per heavy atom. The van der Waals surface area contributed by atoms with E-state index in [2.05, 4.69) is 5.32 Å². The first-order chi connectivity index (χ1) is 20.3. The van der Waals surface area contributed by atoms with Crippen molar-refractivity contribution in [2.24, 2.45) is 0 Å². The van der Waals surface area contributed by atoms with Crippen LogP contribution in [0.3, 0.4) is 0 Å². The molecule has 0 aromatic heterocycles. The summed E-state index contributed by atoms with van der Waals surface area (Å²) in [4.78, 5) is 40.5. The average molecular weight is 628 g/mol. The lowest BCUT2D eigenvalue weighted by molar-refractivity contribution is -0.139. The van der Waals surface area contributed by atoms with Gasteiger partial charge in [-0.3, -0.25) is 14.4 Å². The molecule has 0 radical (unpaired) electrons. The van der Waals surface area contributed by atoms with Crippen LogP contribution in [-0.2, 0) is 14.4 Å². The number of amides is 2. The summed E-state index contributed by atoms with van der Waals surface area (Å²) in [6.07, 6.45) is 4.72. The first-order valence-corrected chi connectivity index (χ1v) is 15.2. The van der Waals surface area contributed by atoms with Gasteiger partial charge in [-0.2, -0.15) is 0 Å². The number of piperidine rings is 1. The molecule has 1 fully saturated rings. The molecule has 42 heavy (non-hydrogen) atoms. The molecule has 3 aromatic rings. The number of carbonyl (C=O) groups is 3. The molecule has 220 valence electrons. The highest BCUT2D eigenvalue weighted by atomic mass is 35.5. The summed E-state index contributed by atoms with van der Waals surface area (Å²) in [7, 11) is 1.61. The minimum Gasteiger partial charge on any atom is -0.496 e. The lowest BCUT2D eigenvalue weighted by atomic mass is 9.94. The fourth-order valence-electron chi connectivity index (χ4n) is 4.78. The predicted octanol–water partition coefficient (Wildman–Crippen LogP) is 6.92. The van der Waals surface area contributed by atoms with E-state index in [4.69, 9.17) is 27.9 Å². The van der Waals surface area contributed by atoms with Gasteiger partial charge in [0, 0.05) is 36.5 Å². The Bertz CT molecular complexity index is 1440. The number of methoxy groups -OCH3 is 1. The van der Waals surface area contributed by atoms with Crippen molar-refractivity contribution in [1.29, 1.82) is 0 Å². The third kappa shape index (κ3) is 8.31. The van der Waals surface area contributed by atoms with Crippen molar-refractivity contribution >= 4 is 58.8 Å². The van der Waals surface area contributed by atoms with Gasteiger partial charge in [0.2, 0.25) is 11.8 Å². The van der Waals surface area contributed by atoms with Crippen LogP contribution >= 0.6 is 35.0 Å². The minimum atomic E-state index is -0.944. The Balaban J connectivity index is 1.26. The van der Waals surface area contributed by atoms with Gasteiger partial charge in [-0.25, -0.2) is 0 Å². The van der Waals surface area contributed by atoms with E-state index in [-0.39, 0.29) is 30.7 Å². The molecule has 7 nitrogen and oxygen atoms in total. The maximum atomic E-state index is 12.9. The predicted molar refractivity (Wildman–Crippen MR) is 166 cm³/mol. The van der Waals surface area contributed by atoms with E-state index in [1.165, 1.54) is 17.8 Å². The first kappa shape index (κ1) is 31.5. The quantitative estimate of drug-likeness (QED) is 0.224. The van der Waals surface area contributed by atoms with Crippen molar-refractivity contribution in [2.45, 2.75) is 47.4 Å². The molecule has 1 unspecified atom stereocenters. The summed E-state index contributed by atoms with van der Waals surface area (Å²) in [6.45, 7) is 0.998. The number of aliphatic carboxylic acids is 1. The third-order valence-electron chi connectivity index (χ3n) is 7.10. The van der Waals surface area contributed by atoms with Crippen molar-refractivity contribution in [3.8, 4) is 5.75 Å². The zero-order valence-corrected chi connectivity index (χ0v) is 25.4. The van der Waals surface area contributed by atoms with Crippen molar-refractivity contribution < 1.29 is 24.2 Å². The van der Waals surface area contributed by atoms with E-state index >= 15 is 0 Å². The van der Waals surface area contributed by atoms with E-state index in [0.29, 0.717) is 47.1 Å². The van der Waals surface area contributed by atoms with Gasteiger partial charge in [0.15, 0.2) is 0 Å². The molecular weight excluding hydrogens is 595 g/mol. The normalized spacial score (nSPS) is 14.5. The summed E-state index contributed by atoms with van der Waals surface area (Å²) < 4.78 is 5.41. The van der Waals surface area contributed by atoms with Crippen LogP contribution in [0.4, 0.5) is 0 Å². The number of carboxylic acid groups (broad SMARTS) is 1. The van der Waals surface area contributed by atoms with Gasteiger partial charge in [-0.05, 0) is 54.7 Å². The largest absolute Gasteiger partial charge is 0.496 e. The van der Waals surface area contributed by atoms with Crippen LogP contribution in [0.25, 0.3) is 6.08 Å². The zero-order chi connectivity index (χ0) is 30.1. The Morgan fingerprint density at radius 2 is 1.69 bits per heavy atom. The first-order valence-electron chi connectivity index (χ1n) is 13.6. The molecule has 1 aliphatic rings. The number of hydrogen-bond donors (Lipinski definition) is 2. The fraction of sp³-hybridized carbons (Fsp3) is 0.281. The van der Waals surface area contributed by atoms with Crippen LogP contribution < -0.4 is 10.1 Å². The molecule has 2 N–H and O–H groups in total. The summed E-state index contributed by atoms with van der Waals surface area (Å²) in [5, 5.41) is 13.3. The van der Waals surface area contributed by atoms with Crippen LogP contribution in [0.5, 0.6) is 5.75 Å². The second kappa shape index (κ2) is 15.1. The number of hydrogen-bond acceptors (Lipinski definition) is 5. The van der Waals surface area contributed by atoms with Gasteiger partial charge in [0.25, 0.3) is 0 Å².